The molecule has 2 aromatic carbocycles. The van der Waals surface area contributed by atoms with Crippen LogP contribution in [-0.2, 0) is 0 Å². The van der Waals surface area contributed by atoms with Crippen LogP contribution in [0.25, 0.3) is 0 Å². The number of nitrogen functional groups attached to an aromatic ring is 1. The third-order valence-electron chi connectivity index (χ3n) is 2.51. The number of benzene rings is 2. The molecule has 0 aliphatic rings. The number of nitrogens with one attached hydrogen (secondary N) is 1. The molecule has 2 rings (SSSR count). The minimum absolute atomic E-state index is 0.335. The molecule has 0 saturated heterocycles. The maximum atomic E-state index is 11.4. The highest BCUT2D eigenvalue weighted by Gasteiger charge is 2.10. The van der Waals surface area contributed by atoms with Gasteiger partial charge in [-0.2, -0.15) is 0 Å². The van der Waals surface area contributed by atoms with Gasteiger partial charge >= 0.3 is 0 Å². The van der Waals surface area contributed by atoms with Gasteiger partial charge < -0.3 is 16.8 Å². The van der Waals surface area contributed by atoms with E-state index in [0.717, 1.165) is 10.2 Å². The molecule has 0 heterocycles. The largest absolute Gasteiger partial charge is 0.399 e. The lowest BCUT2D eigenvalue weighted by molar-refractivity contribution is 0.100. The van der Waals surface area contributed by atoms with Crippen LogP contribution in [0.3, 0.4) is 0 Å². The highest BCUT2D eigenvalue weighted by Crippen LogP contribution is 2.30. The van der Waals surface area contributed by atoms with Crippen LogP contribution in [0.15, 0.2) is 40.9 Å². The van der Waals surface area contributed by atoms with Crippen LogP contribution < -0.4 is 16.8 Å². The molecular weight excluding hydrogens is 330 g/mol. The Bertz CT molecular complexity index is 646. The Morgan fingerprint density at radius 1 is 1.16 bits per heavy atom. The zero-order valence-corrected chi connectivity index (χ0v) is 12.1. The van der Waals surface area contributed by atoms with E-state index in [9.17, 15) is 4.79 Å². The molecule has 0 saturated carbocycles. The second-order valence-corrected chi connectivity index (χ2v) is 5.21. The van der Waals surface area contributed by atoms with Crippen LogP contribution in [0.2, 0.25) is 5.02 Å². The molecule has 5 N–H and O–H groups in total. The highest BCUT2D eigenvalue weighted by atomic mass is 79.9. The normalized spacial score (nSPS) is 10.2. The zero-order valence-electron chi connectivity index (χ0n) is 9.78. The zero-order chi connectivity index (χ0) is 14.0. The first-order valence-electron chi connectivity index (χ1n) is 5.39. The molecule has 4 nitrogen and oxygen atoms in total. The topological polar surface area (TPSA) is 81.1 Å². The summed E-state index contributed by atoms with van der Waals surface area (Å²) in [6, 6.07) is 10.2. The van der Waals surface area contributed by atoms with E-state index in [2.05, 4.69) is 21.2 Å². The van der Waals surface area contributed by atoms with Gasteiger partial charge in [0.05, 0.1) is 16.9 Å². The monoisotopic (exact) mass is 339 g/mol. The average Bonchev–Trinajstić information content (AvgIpc) is 2.34. The summed E-state index contributed by atoms with van der Waals surface area (Å²) >= 11 is 9.27. The minimum atomic E-state index is -0.542. The van der Waals surface area contributed by atoms with Gasteiger partial charge in [-0.15, -0.1) is 0 Å². The van der Waals surface area contributed by atoms with E-state index in [1.807, 2.05) is 0 Å². The van der Waals surface area contributed by atoms with E-state index in [-0.39, 0.29) is 0 Å². The number of amides is 1. The number of carbonyl (C=O) groups excluding carboxylic acids is 1. The number of hydrogen-bond donors (Lipinski definition) is 3. The van der Waals surface area contributed by atoms with Crippen molar-refractivity contribution in [2.24, 2.45) is 5.73 Å². The fraction of sp³-hybridized carbons (Fsp3) is 0. The first-order valence-corrected chi connectivity index (χ1v) is 6.56. The fourth-order valence-corrected chi connectivity index (χ4v) is 2.39. The number of hydrogen-bond acceptors (Lipinski definition) is 3. The maximum absolute atomic E-state index is 11.4. The number of anilines is 3. The summed E-state index contributed by atoms with van der Waals surface area (Å²) in [5.74, 6) is -0.542. The predicted octanol–water partition coefficient (Wildman–Crippen LogP) is 3.53. The number of primary amides is 1. The lowest BCUT2D eigenvalue weighted by Gasteiger charge is -2.12. The summed E-state index contributed by atoms with van der Waals surface area (Å²) in [5, 5.41) is 3.73. The van der Waals surface area contributed by atoms with Gasteiger partial charge in [0.2, 0.25) is 0 Å². The van der Waals surface area contributed by atoms with Crippen LogP contribution >= 0.6 is 27.5 Å². The van der Waals surface area contributed by atoms with E-state index in [1.54, 1.807) is 30.3 Å². The smallest absolute Gasteiger partial charge is 0.250 e. The summed E-state index contributed by atoms with van der Waals surface area (Å²) in [6.07, 6.45) is 0. The van der Waals surface area contributed by atoms with Gasteiger partial charge in [-0.05, 0) is 52.3 Å². The molecule has 1 amide bonds. The summed E-state index contributed by atoms with van der Waals surface area (Å²) in [7, 11) is 0. The van der Waals surface area contributed by atoms with Crippen LogP contribution in [0.5, 0.6) is 0 Å². The van der Waals surface area contributed by atoms with Gasteiger partial charge in [-0.1, -0.05) is 11.6 Å². The number of nitrogens with two attached hydrogens (primary N) is 2. The molecule has 0 atom stereocenters. The second-order valence-electron chi connectivity index (χ2n) is 3.92. The van der Waals surface area contributed by atoms with Crippen molar-refractivity contribution in [3.05, 3.63) is 51.5 Å². The standard InChI is InChI=1S/C13H11BrClN3O/c14-10-5-7(15)1-3-12(10)18-11-4-2-8(16)6-9(11)13(17)19/h1-6,18H,16H2,(H2,17,19). The van der Waals surface area contributed by atoms with Gasteiger partial charge in [0, 0.05) is 15.2 Å². The van der Waals surface area contributed by atoms with Crippen LogP contribution in [0.4, 0.5) is 17.1 Å². The van der Waals surface area contributed by atoms with E-state index in [0.29, 0.717) is 22.0 Å². The van der Waals surface area contributed by atoms with Crippen LogP contribution in [0, 0.1) is 0 Å². The van der Waals surface area contributed by atoms with E-state index < -0.39 is 5.91 Å². The van der Waals surface area contributed by atoms with Crippen molar-refractivity contribution < 1.29 is 4.79 Å². The SMILES string of the molecule is NC(=O)c1cc(N)ccc1Nc1ccc(Cl)cc1Br. The number of rotatable bonds is 3. The Balaban J connectivity index is 2.40. The summed E-state index contributed by atoms with van der Waals surface area (Å²) < 4.78 is 0.784. The second kappa shape index (κ2) is 5.50. The first-order chi connectivity index (χ1) is 8.97. The van der Waals surface area contributed by atoms with Crippen molar-refractivity contribution in [2.45, 2.75) is 0 Å². The molecular formula is C13H11BrClN3O. The van der Waals surface area contributed by atoms with Gasteiger partial charge in [0.25, 0.3) is 5.91 Å². The average molecular weight is 341 g/mol. The quantitative estimate of drug-likeness (QED) is 0.748. The van der Waals surface area contributed by atoms with Crippen molar-refractivity contribution >= 4 is 50.5 Å². The maximum Gasteiger partial charge on any atom is 0.250 e. The Labute approximate surface area is 123 Å². The molecule has 0 spiro atoms. The molecule has 0 fully saturated rings. The molecule has 2 aromatic rings. The molecule has 0 unspecified atom stereocenters. The molecule has 0 aliphatic carbocycles. The molecule has 0 aliphatic heterocycles. The fourth-order valence-electron chi connectivity index (χ4n) is 1.61. The number of carbonyl (C=O) groups is 1. The molecule has 0 bridgehead atoms. The highest BCUT2D eigenvalue weighted by molar-refractivity contribution is 9.10. The summed E-state index contributed by atoms with van der Waals surface area (Å²) in [5.41, 5.74) is 13.2. The van der Waals surface area contributed by atoms with Crippen LogP contribution in [-0.4, -0.2) is 5.91 Å². The Hall–Kier alpha value is -1.72. The molecule has 98 valence electrons. The summed E-state index contributed by atoms with van der Waals surface area (Å²) in [6.45, 7) is 0. The molecule has 6 heteroatoms. The first kappa shape index (κ1) is 13.7. The lowest BCUT2D eigenvalue weighted by atomic mass is 10.1. The van der Waals surface area contributed by atoms with Crippen LogP contribution in [0.1, 0.15) is 10.4 Å². The lowest BCUT2D eigenvalue weighted by Crippen LogP contribution is -2.13. The van der Waals surface area contributed by atoms with Crippen molar-refractivity contribution in [1.82, 2.24) is 0 Å². The summed E-state index contributed by atoms with van der Waals surface area (Å²) in [4.78, 5) is 11.4. The Morgan fingerprint density at radius 3 is 2.47 bits per heavy atom. The van der Waals surface area contributed by atoms with E-state index >= 15 is 0 Å². The van der Waals surface area contributed by atoms with Gasteiger partial charge in [0.15, 0.2) is 0 Å². The van der Waals surface area contributed by atoms with Crippen molar-refractivity contribution in [1.29, 1.82) is 0 Å². The van der Waals surface area contributed by atoms with Crippen molar-refractivity contribution in [2.75, 3.05) is 11.1 Å². The Morgan fingerprint density at radius 2 is 1.84 bits per heavy atom. The predicted molar refractivity (Wildman–Crippen MR) is 81.8 cm³/mol. The van der Waals surface area contributed by atoms with Gasteiger partial charge in [-0.3, -0.25) is 4.79 Å². The van der Waals surface area contributed by atoms with Gasteiger partial charge in [0.1, 0.15) is 0 Å². The minimum Gasteiger partial charge on any atom is -0.399 e. The van der Waals surface area contributed by atoms with Crippen molar-refractivity contribution in [3.63, 3.8) is 0 Å². The van der Waals surface area contributed by atoms with Gasteiger partial charge in [-0.25, -0.2) is 0 Å². The third kappa shape index (κ3) is 3.19. The van der Waals surface area contributed by atoms with E-state index in [4.69, 9.17) is 23.1 Å². The molecule has 19 heavy (non-hydrogen) atoms. The van der Waals surface area contributed by atoms with Crippen molar-refractivity contribution in [3.8, 4) is 0 Å². The molecule has 0 radical (unpaired) electrons. The third-order valence-corrected chi connectivity index (χ3v) is 3.40. The molecule has 0 aromatic heterocycles. The number of halogens is 2. The van der Waals surface area contributed by atoms with E-state index in [1.165, 1.54) is 6.07 Å². The Kier molecular flexibility index (Phi) is 3.97.